The fourth-order valence-electron chi connectivity index (χ4n) is 3.74. The van der Waals surface area contributed by atoms with Gasteiger partial charge >= 0.3 is 12.1 Å². The Balaban J connectivity index is 1.15. The highest BCUT2D eigenvalue weighted by Crippen LogP contribution is 2.30. The van der Waals surface area contributed by atoms with Gasteiger partial charge in [-0.05, 0) is 46.1 Å². The van der Waals surface area contributed by atoms with Crippen LogP contribution in [-0.2, 0) is 4.74 Å². The summed E-state index contributed by atoms with van der Waals surface area (Å²) in [7, 11) is 0. The number of thiazole rings is 1. The van der Waals surface area contributed by atoms with Crippen molar-refractivity contribution in [2.75, 3.05) is 36.4 Å². The molecule has 5 rings (SSSR count). The van der Waals surface area contributed by atoms with Crippen molar-refractivity contribution in [3.05, 3.63) is 30.9 Å². The van der Waals surface area contributed by atoms with Crippen LogP contribution in [0.15, 0.2) is 30.9 Å². The first-order valence-electron chi connectivity index (χ1n) is 12.1. The first-order valence-corrected chi connectivity index (χ1v) is 12.9. The van der Waals surface area contributed by atoms with E-state index >= 15 is 0 Å². The van der Waals surface area contributed by atoms with Crippen LogP contribution in [0.4, 0.5) is 21.6 Å². The van der Waals surface area contributed by atoms with E-state index in [0.29, 0.717) is 43.3 Å². The topological polar surface area (TPSA) is 118 Å². The molecule has 1 aliphatic carbocycles. The third-order valence-corrected chi connectivity index (χ3v) is 6.80. The summed E-state index contributed by atoms with van der Waals surface area (Å²) >= 11 is 1.46. The molecule has 3 aromatic rings. The molecule has 4 heterocycles. The lowest BCUT2D eigenvalue weighted by Crippen LogP contribution is -2.50. The van der Waals surface area contributed by atoms with Crippen LogP contribution in [0.1, 0.15) is 40.0 Å². The molecule has 0 unspecified atom stereocenters. The van der Waals surface area contributed by atoms with E-state index in [1.165, 1.54) is 17.8 Å². The molecule has 1 saturated carbocycles. The molecule has 1 saturated heterocycles. The van der Waals surface area contributed by atoms with Crippen molar-refractivity contribution in [1.82, 2.24) is 29.8 Å². The van der Waals surface area contributed by atoms with E-state index in [1.54, 1.807) is 29.7 Å². The van der Waals surface area contributed by atoms with Gasteiger partial charge in [-0.1, -0.05) is 11.3 Å². The van der Waals surface area contributed by atoms with E-state index in [0.717, 1.165) is 29.1 Å². The predicted molar refractivity (Wildman–Crippen MR) is 137 cm³/mol. The maximum absolute atomic E-state index is 12.3. The summed E-state index contributed by atoms with van der Waals surface area (Å²) in [5.74, 6) is 0.462. The van der Waals surface area contributed by atoms with E-state index in [2.05, 4.69) is 35.1 Å². The van der Waals surface area contributed by atoms with Gasteiger partial charge in [-0.25, -0.2) is 24.7 Å². The summed E-state index contributed by atoms with van der Waals surface area (Å²) in [6.07, 6.45) is 10.3. The average Bonchev–Trinajstić information content (AvgIpc) is 3.30. The van der Waals surface area contributed by atoms with Crippen molar-refractivity contribution < 1.29 is 14.3 Å². The minimum atomic E-state index is -0.495. The molecule has 190 valence electrons. The van der Waals surface area contributed by atoms with Crippen LogP contribution in [-0.4, -0.2) is 73.8 Å². The maximum Gasteiger partial charge on any atom is 0.410 e. The van der Waals surface area contributed by atoms with Crippen LogP contribution >= 0.6 is 11.3 Å². The van der Waals surface area contributed by atoms with E-state index in [4.69, 9.17) is 9.47 Å². The highest BCUT2D eigenvalue weighted by molar-refractivity contribution is 7.18. The van der Waals surface area contributed by atoms with E-state index in [9.17, 15) is 4.79 Å². The zero-order valence-electron chi connectivity index (χ0n) is 20.7. The third kappa shape index (κ3) is 5.99. The number of carbonyl (C=O) groups is 1. The largest absolute Gasteiger partial charge is 0.460 e. The number of hydrogen-bond acceptors (Lipinski definition) is 11. The van der Waals surface area contributed by atoms with Crippen LogP contribution in [0.25, 0.3) is 10.6 Å². The molecule has 12 heteroatoms. The molecule has 0 spiro atoms. The molecule has 11 nitrogen and oxygen atoms in total. The van der Waals surface area contributed by atoms with Gasteiger partial charge in [0.15, 0.2) is 5.13 Å². The first kappa shape index (κ1) is 24.2. The Kier molecular flexibility index (Phi) is 6.86. The van der Waals surface area contributed by atoms with Gasteiger partial charge in [0.05, 0.1) is 28.7 Å². The number of aromatic nitrogens is 5. The molecule has 3 aromatic heterocycles. The predicted octanol–water partition coefficient (Wildman–Crippen LogP) is 4.12. The minimum absolute atomic E-state index is 0.230. The highest BCUT2D eigenvalue weighted by Gasteiger charge is 2.26. The number of rotatable bonds is 6. The Morgan fingerprint density at radius 1 is 1.06 bits per heavy atom. The second kappa shape index (κ2) is 10.2. The molecule has 0 bridgehead atoms. The third-order valence-electron chi connectivity index (χ3n) is 5.87. The molecule has 0 aromatic carbocycles. The fourth-order valence-corrected chi connectivity index (χ4v) is 4.52. The van der Waals surface area contributed by atoms with Gasteiger partial charge in [0.25, 0.3) is 0 Å². The summed E-state index contributed by atoms with van der Waals surface area (Å²) < 4.78 is 11.3. The summed E-state index contributed by atoms with van der Waals surface area (Å²) in [5, 5.41) is 3.83. The second-order valence-electron chi connectivity index (χ2n) is 9.77. The molecular weight excluding hydrogens is 480 g/mol. The van der Waals surface area contributed by atoms with Crippen molar-refractivity contribution in [1.29, 1.82) is 0 Å². The molecule has 1 N–H and O–H groups in total. The minimum Gasteiger partial charge on any atom is -0.460 e. The SMILES string of the molecule is CC(C)(C)OC(=O)N1CCN(c2cnc(Nc3ncc(-c4ccnc(OC5CCC5)n4)s3)nc2)CC1. The second-order valence-corrected chi connectivity index (χ2v) is 10.8. The maximum atomic E-state index is 12.3. The van der Waals surface area contributed by atoms with Crippen molar-refractivity contribution in [2.45, 2.75) is 51.7 Å². The summed E-state index contributed by atoms with van der Waals surface area (Å²) in [6, 6.07) is 2.25. The zero-order chi connectivity index (χ0) is 25.1. The van der Waals surface area contributed by atoms with Crippen molar-refractivity contribution in [2.24, 2.45) is 0 Å². The lowest BCUT2D eigenvalue weighted by Gasteiger charge is -2.36. The van der Waals surface area contributed by atoms with Gasteiger partial charge in [0, 0.05) is 38.6 Å². The number of anilines is 3. The Bertz CT molecular complexity index is 1180. The Morgan fingerprint density at radius 3 is 2.47 bits per heavy atom. The summed E-state index contributed by atoms with van der Waals surface area (Å²) in [5.41, 5.74) is 1.18. The lowest BCUT2D eigenvalue weighted by molar-refractivity contribution is 0.0240. The Morgan fingerprint density at radius 2 is 1.81 bits per heavy atom. The smallest absolute Gasteiger partial charge is 0.410 e. The zero-order valence-corrected chi connectivity index (χ0v) is 21.5. The molecule has 1 aliphatic heterocycles. The highest BCUT2D eigenvalue weighted by atomic mass is 32.1. The van der Waals surface area contributed by atoms with Crippen LogP contribution in [0.2, 0.25) is 0 Å². The van der Waals surface area contributed by atoms with Gasteiger partial charge in [-0.15, -0.1) is 0 Å². The lowest BCUT2D eigenvalue weighted by atomic mass is 9.96. The molecule has 0 radical (unpaired) electrons. The van der Waals surface area contributed by atoms with Crippen molar-refractivity contribution in [3.63, 3.8) is 0 Å². The first-order chi connectivity index (χ1) is 17.3. The van der Waals surface area contributed by atoms with Crippen LogP contribution < -0.4 is 15.0 Å². The standard InChI is InChI=1S/C24H30N8O3S/c1-24(2,3)35-23(33)32-11-9-31(10-12-32)16-13-26-20(27-14-16)30-22-28-15-19(36-22)18-7-8-25-21(29-18)34-17-5-4-6-17/h7-8,13-15,17H,4-6,9-12H2,1-3H3,(H,26,27,28,30). The number of carbonyl (C=O) groups excluding carboxylic acids is 1. The molecule has 2 aliphatic rings. The van der Waals surface area contributed by atoms with E-state index in [-0.39, 0.29) is 12.2 Å². The molecule has 2 fully saturated rings. The average molecular weight is 511 g/mol. The Hall–Kier alpha value is -3.54. The summed E-state index contributed by atoms with van der Waals surface area (Å²) in [6.45, 7) is 8.18. The summed E-state index contributed by atoms with van der Waals surface area (Å²) in [4.78, 5) is 39.1. The number of hydrogen-bond donors (Lipinski definition) is 1. The van der Waals surface area contributed by atoms with Gasteiger partial charge in [0.1, 0.15) is 11.7 Å². The number of ether oxygens (including phenoxy) is 2. The van der Waals surface area contributed by atoms with Crippen molar-refractivity contribution in [3.8, 4) is 16.6 Å². The number of piperazine rings is 1. The van der Waals surface area contributed by atoms with Gasteiger partial charge in [-0.3, -0.25) is 0 Å². The molecule has 1 amide bonds. The van der Waals surface area contributed by atoms with Crippen molar-refractivity contribution >= 4 is 34.2 Å². The Labute approximate surface area is 213 Å². The van der Waals surface area contributed by atoms with Gasteiger partial charge < -0.3 is 24.6 Å². The quantitative estimate of drug-likeness (QED) is 0.519. The fraction of sp³-hybridized carbons (Fsp3) is 0.500. The number of amides is 1. The van der Waals surface area contributed by atoms with E-state index in [1.807, 2.05) is 26.8 Å². The van der Waals surface area contributed by atoms with Crippen LogP contribution in [0, 0.1) is 0 Å². The van der Waals surface area contributed by atoms with E-state index < -0.39 is 5.60 Å². The van der Waals surface area contributed by atoms with Crippen LogP contribution in [0.3, 0.4) is 0 Å². The van der Waals surface area contributed by atoms with Crippen LogP contribution in [0.5, 0.6) is 6.01 Å². The molecular formula is C24H30N8O3S. The molecule has 0 atom stereocenters. The monoisotopic (exact) mass is 510 g/mol. The van der Waals surface area contributed by atoms with Gasteiger partial charge in [0.2, 0.25) is 5.95 Å². The van der Waals surface area contributed by atoms with Gasteiger partial charge in [-0.2, -0.15) is 4.98 Å². The molecule has 36 heavy (non-hydrogen) atoms. The number of nitrogens with zero attached hydrogens (tertiary/aromatic N) is 7. The normalized spacial score (nSPS) is 16.4. The number of nitrogens with one attached hydrogen (secondary N) is 1.